The lowest BCUT2D eigenvalue weighted by Gasteiger charge is -2.17. The fraction of sp³-hybridized carbons (Fsp3) is 0.647. The first kappa shape index (κ1) is 18.3. The second-order valence-electron chi connectivity index (χ2n) is 5.14. The van der Waals surface area contributed by atoms with E-state index in [2.05, 4.69) is 35.1 Å². The van der Waals surface area contributed by atoms with Crippen molar-refractivity contribution in [1.82, 2.24) is 5.32 Å². The minimum Gasteiger partial charge on any atom is -0.493 e. The van der Waals surface area contributed by atoms with Crippen molar-refractivity contribution in [2.45, 2.75) is 52.5 Å². The van der Waals surface area contributed by atoms with E-state index in [1.165, 1.54) is 25.7 Å². The van der Waals surface area contributed by atoms with Gasteiger partial charge in [0, 0.05) is 16.6 Å². The summed E-state index contributed by atoms with van der Waals surface area (Å²) in [5, 5.41) is 3.50. The number of hydrogen-bond donors (Lipinski definition) is 1. The second-order valence-corrected chi connectivity index (χ2v) is 6.00. The lowest BCUT2D eigenvalue weighted by molar-refractivity contribution is 0.290. The Balaban J connectivity index is 2.65. The first-order chi connectivity index (χ1) is 10.2. The Labute approximate surface area is 137 Å². The molecule has 0 aliphatic heterocycles. The Morgan fingerprint density at radius 2 is 1.90 bits per heavy atom. The highest BCUT2D eigenvalue weighted by atomic mass is 79.9. The van der Waals surface area contributed by atoms with Crippen molar-refractivity contribution in [3.63, 3.8) is 0 Å². The predicted octanol–water partition coefficient (Wildman–Crippen LogP) is 4.92. The number of methoxy groups -OCH3 is 1. The second kappa shape index (κ2) is 10.9. The molecule has 0 heterocycles. The van der Waals surface area contributed by atoms with Crippen LogP contribution in [-0.2, 0) is 6.54 Å². The zero-order chi connectivity index (χ0) is 15.5. The zero-order valence-electron chi connectivity index (χ0n) is 13.5. The van der Waals surface area contributed by atoms with Gasteiger partial charge in [-0.2, -0.15) is 0 Å². The first-order valence-electron chi connectivity index (χ1n) is 7.93. The number of halogens is 1. The maximum Gasteiger partial charge on any atom is 0.166 e. The number of ether oxygens (including phenoxy) is 2. The van der Waals surface area contributed by atoms with E-state index in [4.69, 9.17) is 9.47 Å². The van der Waals surface area contributed by atoms with Gasteiger partial charge in [0.2, 0.25) is 0 Å². The molecule has 1 N–H and O–H groups in total. The summed E-state index contributed by atoms with van der Waals surface area (Å²) in [4.78, 5) is 0. The fourth-order valence-corrected chi connectivity index (χ4v) is 2.61. The third-order valence-electron chi connectivity index (χ3n) is 3.35. The van der Waals surface area contributed by atoms with Gasteiger partial charge in [0.25, 0.3) is 0 Å². The van der Waals surface area contributed by atoms with Gasteiger partial charge in [-0.1, -0.05) is 49.0 Å². The molecule has 0 spiro atoms. The molecule has 1 aromatic rings. The molecule has 0 unspecified atom stereocenters. The smallest absolute Gasteiger partial charge is 0.166 e. The largest absolute Gasteiger partial charge is 0.493 e. The van der Waals surface area contributed by atoms with E-state index < -0.39 is 0 Å². The van der Waals surface area contributed by atoms with Gasteiger partial charge in [0.1, 0.15) is 0 Å². The van der Waals surface area contributed by atoms with Crippen molar-refractivity contribution in [3.8, 4) is 11.5 Å². The van der Waals surface area contributed by atoms with Crippen LogP contribution in [0.1, 0.15) is 51.5 Å². The molecule has 0 saturated heterocycles. The highest BCUT2D eigenvalue weighted by Crippen LogP contribution is 2.36. The number of unbranched alkanes of at least 4 members (excludes halogenated alkanes) is 3. The number of benzene rings is 1. The van der Waals surface area contributed by atoms with Gasteiger partial charge in [-0.25, -0.2) is 0 Å². The van der Waals surface area contributed by atoms with Crippen LogP contribution in [0.5, 0.6) is 11.5 Å². The molecule has 4 heteroatoms. The highest BCUT2D eigenvalue weighted by molar-refractivity contribution is 9.10. The van der Waals surface area contributed by atoms with Crippen LogP contribution >= 0.6 is 15.9 Å². The monoisotopic (exact) mass is 357 g/mol. The summed E-state index contributed by atoms with van der Waals surface area (Å²) in [5.41, 5.74) is 1.14. The van der Waals surface area contributed by atoms with Crippen molar-refractivity contribution in [3.05, 3.63) is 22.2 Å². The van der Waals surface area contributed by atoms with Crippen LogP contribution in [0.15, 0.2) is 16.6 Å². The summed E-state index contributed by atoms with van der Waals surface area (Å²) in [5.74, 6) is 1.66. The summed E-state index contributed by atoms with van der Waals surface area (Å²) in [6.45, 7) is 6.88. The lowest BCUT2D eigenvalue weighted by atomic mass is 10.1. The number of hydrogen-bond acceptors (Lipinski definition) is 3. The third kappa shape index (κ3) is 6.27. The number of rotatable bonds is 11. The summed E-state index contributed by atoms with van der Waals surface area (Å²) in [6, 6.07) is 3.96. The maximum absolute atomic E-state index is 5.89. The van der Waals surface area contributed by atoms with Crippen LogP contribution in [-0.4, -0.2) is 20.3 Å². The normalized spacial score (nSPS) is 10.7. The van der Waals surface area contributed by atoms with E-state index in [1.54, 1.807) is 7.11 Å². The van der Waals surface area contributed by atoms with Crippen LogP contribution in [0, 0.1) is 0 Å². The van der Waals surface area contributed by atoms with Crippen LogP contribution in [0.3, 0.4) is 0 Å². The molecule has 0 atom stereocenters. The van der Waals surface area contributed by atoms with Gasteiger partial charge in [-0.15, -0.1) is 0 Å². The topological polar surface area (TPSA) is 30.5 Å². The summed E-state index contributed by atoms with van der Waals surface area (Å²) in [7, 11) is 1.68. The molecule has 120 valence electrons. The average Bonchev–Trinajstić information content (AvgIpc) is 2.50. The van der Waals surface area contributed by atoms with Gasteiger partial charge in [-0.05, 0) is 31.5 Å². The molecule has 0 amide bonds. The summed E-state index contributed by atoms with van der Waals surface area (Å²) in [6.07, 6.45) is 6.09. The van der Waals surface area contributed by atoms with E-state index in [0.29, 0.717) is 6.61 Å². The molecule has 0 aliphatic carbocycles. The molecule has 0 fully saturated rings. The van der Waals surface area contributed by atoms with E-state index >= 15 is 0 Å². The van der Waals surface area contributed by atoms with Crippen molar-refractivity contribution >= 4 is 15.9 Å². The molecule has 1 aromatic carbocycles. The zero-order valence-corrected chi connectivity index (χ0v) is 15.1. The molecule has 1 rings (SSSR count). The van der Waals surface area contributed by atoms with E-state index in [0.717, 1.165) is 41.0 Å². The highest BCUT2D eigenvalue weighted by Gasteiger charge is 2.14. The van der Waals surface area contributed by atoms with E-state index in [1.807, 2.05) is 12.1 Å². The van der Waals surface area contributed by atoms with Gasteiger partial charge >= 0.3 is 0 Å². The molecule has 3 nitrogen and oxygen atoms in total. The SMILES string of the molecule is CCCCCCNCc1c(Br)ccc(OC)c1OCCC. The van der Waals surface area contributed by atoms with Gasteiger partial charge in [0.05, 0.1) is 13.7 Å². The molecule has 0 aromatic heterocycles. The maximum atomic E-state index is 5.89. The minimum absolute atomic E-state index is 0.705. The Morgan fingerprint density at radius 1 is 1.10 bits per heavy atom. The van der Waals surface area contributed by atoms with E-state index in [9.17, 15) is 0 Å². The van der Waals surface area contributed by atoms with Crippen molar-refractivity contribution in [2.24, 2.45) is 0 Å². The molecular weight excluding hydrogens is 330 g/mol. The standard InChI is InChI=1S/C17H28BrNO2/c1-4-6-7-8-11-19-13-14-15(18)9-10-16(20-3)17(14)21-12-5-2/h9-10,19H,4-8,11-13H2,1-3H3. The third-order valence-corrected chi connectivity index (χ3v) is 4.09. The Morgan fingerprint density at radius 3 is 2.57 bits per heavy atom. The van der Waals surface area contributed by atoms with Crippen LogP contribution < -0.4 is 14.8 Å². The molecule has 0 aliphatic rings. The average molecular weight is 358 g/mol. The molecule has 21 heavy (non-hydrogen) atoms. The number of nitrogens with one attached hydrogen (secondary N) is 1. The van der Waals surface area contributed by atoms with Crippen LogP contribution in [0.2, 0.25) is 0 Å². The Hall–Kier alpha value is -0.740. The van der Waals surface area contributed by atoms with Crippen molar-refractivity contribution in [2.75, 3.05) is 20.3 Å². The molecule has 0 radical (unpaired) electrons. The quantitative estimate of drug-likeness (QED) is 0.570. The van der Waals surface area contributed by atoms with Gasteiger partial charge in [0.15, 0.2) is 11.5 Å². The molecule has 0 bridgehead atoms. The van der Waals surface area contributed by atoms with Crippen LogP contribution in [0.25, 0.3) is 0 Å². The van der Waals surface area contributed by atoms with Crippen molar-refractivity contribution in [1.29, 1.82) is 0 Å². The fourth-order valence-electron chi connectivity index (χ4n) is 2.16. The van der Waals surface area contributed by atoms with E-state index in [-0.39, 0.29) is 0 Å². The Bertz CT molecular complexity index is 410. The Kier molecular flexibility index (Phi) is 9.51. The predicted molar refractivity (Wildman–Crippen MR) is 92.3 cm³/mol. The minimum atomic E-state index is 0.705. The molecule has 0 saturated carbocycles. The van der Waals surface area contributed by atoms with Crippen molar-refractivity contribution < 1.29 is 9.47 Å². The summed E-state index contributed by atoms with van der Waals surface area (Å²) >= 11 is 3.62. The molecular formula is C17H28BrNO2. The van der Waals surface area contributed by atoms with Crippen LogP contribution in [0.4, 0.5) is 0 Å². The summed E-state index contributed by atoms with van der Waals surface area (Å²) < 4.78 is 12.4. The van der Waals surface area contributed by atoms with Gasteiger partial charge in [-0.3, -0.25) is 0 Å². The van der Waals surface area contributed by atoms with Gasteiger partial charge < -0.3 is 14.8 Å². The first-order valence-corrected chi connectivity index (χ1v) is 8.72. The lowest BCUT2D eigenvalue weighted by Crippen LogP contribution is -2.16.